The van der Waals surface area contributed by atoms with Crippen molar-refractivity contribution in [2.24, 2.45) is 5.41 Å². The van der Waals surface area contributed by atoms with Crippen molar-refractivity contribution < 1.29 is 14.3 Å². The van der Waals surface area contributed by atoms with E-state index < -0.39 is 5.41 Å². The van der Waals surface area contributed by atoms with Crippen molar-refractivity contribution in [3.05, 3.63) is 58.9 Å². The molecule has 0 unspecified atom stereocenters. The molecule has 29 heavy (non-hydrogen) atoms. The summed E-state index contributed by atoms with van der Waals surface area (Å²) >= 11 is 0. The lowest BCUT2D eigenvalue weighted by molar-refractivity contribution is -0.139. The van der Waals surface area contributed by atoms with Crippen LogP contribution in [0.15, 0.2) is 36.4 Å². The van der Waals surface area contributed by atoms with E-state index in [-0.39, 0.29) is 24.2 Å². The van der Waals surface area contributed by atoms with Crippen LogP contribution in [0.3, 0.4) is 0 Å². The molecule has 0 spiro atoms. The SMILES string of the molecule is Cc1cc(OCc2ccc([C@@H](C)[C@]3(C)CC(=O)N(C)C3=O)cc2)cc(C2CC2)n1. The van der Waals surface area contributed by atoms with Gasteiger partial charge in [-0.25, -0.2) is 0 Å². The lowest BCUT2D eigenvalue weighted by Gasteiger charge is -2.29. The Hall–Kier alpha value is -2.69. The number of amides is 2. The van der Waals surface area contributed by atoms with Gasteiger partial charge in [0.05, 0.1) is 5.41 Å². The van der Waals surface area contributed by atoms with E-state index in [1.807, 2.05) is 51.1 Å². The number of hydrogen-bond donors (Lipinski definition) is 0. The molecular weight excluding hydrogens is 364 g/mol. The summed E-state index contributed by atoms with van der Waals surface area (Å²) < 4.78 is 6.01. The predicted octanol–water partition coefficient (Wildman–Crippen LogP) is 4.34. The molecule has 2 fully saturated rings. The largest absolute Gasteiger partial charge is 0.489 e. The van der Waals surface area contributed by atoms with Crippen LogP contribution in [0.25, 0.3) is 0 Å². The van der Waals surface area contributed by atoms with Gasteiger partial charge in [-0.2, -0.15) is 0 Å². The van der Waals surface area contributed by atoms with Crippen LogP contribution in [0, 0.1) is 12.3 Å². The molecular formula is C24H28N2O3. The van der Waals surface area contributed by atoms with Crippen molar-refractivity contribution in [1.82, 2.24) is 9.88 Å². The Morgan fingerprint density at radius 3 is 2.48 bits per heavy atom. The number of nitrogens with zero attached hydrogens (tertiary/aromatic N) is 2. The number of aryl methyl sites for hydroxylation is 1. The number of hydrogen-bond acceptors (Lipinski definition) is 4. The van der Waals surface area contributed by atoms with E-state index in [1.54, 1.807) is 7.05 Å². The predicted molar refractivity (Wildman–Crippen MR) is 111 cm³/mol. The van der Waals surface area contributed by atoms with E-state index in [4.69, 9.17) is 4.74 Å². The van der Waals surface area contributed by atoms with Crippen LogP contribution in [0.4, 0.5) is 0 Å². The fourth-order valence-electron chi connectivity index (χ4n) is 4.11. The molecule has 0 radical (unpaired) electrons. The normalized spacial score (nSPS) is 22.8. The third-order valence-electron chi connectivity index (χ3n) is 6.47. The number of carbonyl (C=O) groups excluding carboxylic acids is 2. The van der Waals surface area contributed by atoms with Gasteiger partial charge >= 0.3 is 0 Å². The fourth-order valence-corrected chi connectivity index (χ4v) is 4.11. The summed E-state index contributed by atoms with van der Waals surface area (Å²) in [5.41, 5.74) is 3.57. The number of rotatable bonds is 6. The topological polar surface area (TPSA) is 59.5 Å². The van der Waals surface area contributed by atoms with Crippen LogP contribution in [0.2, 0.25) is 0 Å². The van der Waals surface area contributed by atoms with E-state index in [1.165, 1.54) is 17.7 Å². The van der Waals surface area contributed by atoms with E-state index in [2.05, 4.69) is 11.1 Å². The molecule has 1 aliphatic carbocycles. The fraction of sp³-hybridized carbons (Fsp3) is 0.458. The van der Waals surface area contributed by atoms with Crippen molar-refractivity contribution in [3.8, 4) is 5.75 Å². The third-order valence-corrected chi connectivity index (χ3v) is 6.47. The highest BCUT2D eigenvalue weighted by Gasteiger charge is 2.50. The van der Waals surface area contributed by atoms with Crippen LogP contribution in [0.5, 0.6) is 5.75 Å². The lowest BCUT2D eigenvalue weighted by atomic mass is 9.73. The van der Waals surface area contributed by atoms with Crippen LogP contribution >= 0.6 is 0 Å². The van der Waals surface area contributed by atoms with Gasteiger partial charge in [-0.1, -0.05) is 31.2 Å². The van der Waals surface area contributed by atoms with Gasteiger partial charge in [-0.3, -0.25) is 19.5 Å². The van der Waals surface area contributed by atoms with Gasteiger partial charge < -0.3 is 4.74 Å². The van der Waals surface area contributed by atoms with Crippen molar-refractivity contribution in [2.75, 3.05) is 7.05 Å². The maximum absolute atomic E-state index is 12.6. The van der Waals surface area contributed by atoms with Gasteiger partial charge in [0.1, 0.15) is 12.4 Å². The van der Waals surface area contributed by atoms with Crippen LogP contribution in [0.1, 0.15) is 67.5 Å². The summed E-state index contributed by atoms with van der Waals surface area (Å²) in [6.45, 7) is 6.40. The number of benzene rings is 1. The molecule has 5 heteroatoms. The zero-order valence-electron chi connectivity index (χ0n) is 17.6. The van der Waals surface area contributed by atoms with Crippen molar-refractivity contribution >= 4 is 11.8 Å². The number of carbonyl (C=O) groups is 2. The molecule has 2 heterocycles. The molecule has 2 amide bonds. The van der Waals surface area contributed by atoms with Gasteiger partial charge in [-0.05, 0) is 43.7 Å². The van der Waals surface area contributed by atoms with Gasteiger partial charge in [0.25, 0.3) is 0 Å². The van der Waals surface area contributed by atoms with Gasteiger partial charge in [0.15, 0.2) is 0 Å². The monoisotopic (exact) mass is 392 g/mol. The van der Waals surface area contributed by atoms with E-state index in [0.717, 1.165) is 28.3 Å². The molecule has 2 atom stereocenters. The number of ether oxygens (including phenoxy) is 1. The summed E-state index contributed by atoms with van der Waals surface area (Å²) in [6.07, 6.45) is 2.70. The van der Waals surface area contributed by atoms with Crippen molar-refractivity contribution in [2.45, 2.75) is 58.5 Å². The first-order valence-electron chi connectivity index (χ1n) is 10.3. The Morgan fingerprint density at radius 1 is 1.21 bits per heavy atom. The number of imide groups is 1. The number of pyridine rings is 1. The molecule has 5 nitrogen and oxygen atoms in total. The van der Waals surface area contributed by atoms with Crippen LogP contribution in [-0.4, -0.2) is 28.7 Å². The molecule has 1 aromatic heterocycles. The Balaban J connectivity index is 1.43. The minimum Gasteiger partial charge on any atom is -0.489 e. The minimum absolute atomic E-state index is 0.0391. The molecule has 1 saturated carbocycles. The van der Waals surface area contributed by atoms with E-state index in [0.29, 0.717) is 12.5 Å². The smallest absolute Gasteiger partial charge is 0.235 e. The Bertz CT molecular complexity index is 949. The standard InChI is InChI=1S/C24H28N2O3/c1-15-11-20(12-21(25-15)19-9-10-19)29-14-17-5-7-18(8-6-17)16(2)24(3)13-22(27)26(4)23(24)28/h5-8,11-12,16,19H,9-10,13-14H2,1-4H3/t16-,24+/m1/s1. The van der Waals surface area contributed by atoms with Crippen LogP contribution < -0.4 is 4.74 Å². The molecule has 2 aromatic rings. The molecule has 1 saturated heterocycles. The second-order valence-electron chi connectivity index (χ2n) is 8.75. The molecule has 152 valence electrons. The van der Waals surface area contributed by atoms with Crippen molar-refractivity contribution in [3.63, 3.8) is 0 Å². The number of aromatic nitrogens is 1. The first kappa shape index (κ1) is 19.6. The molecule has 2 aliphatic rings. The Labute approximate surface area is 172 Å². The summed E-state index contributed by atoms with van der Waals surface area (Å²) in [5.74, 6) is 1.23. The maximum Gasteiger partial charge on any atom is 0.235 e. The molecule has 0 bridgehead atoms. The van der Waals surface area contributed by atoms with Crippen LogP contribution in [-0.2, 0) is 16.2 Å². The second-order valence-corrected chi connectivity index (χ2v) is 8.75. The average molecular weight is 392 g/mol. The summed E-state index contributed by atoms with van der Waals surface area (Å²) in [5, 5.41) is 0. The second kappa shape index (κ2) is 7.29. The third kappa shape index (κ3) is 3.78. The minimum atomic E-state index is -0.683. The summed E-state index contributed by atoms with van der Waals surface area (Å²) in [4.78, 5) is 30.4. The molecule has 1 aromatic carbocycles. The average Bonchev–Trinajstić information content (AvgIpc) is 3.53. The van der Waals surface area contributed by atoms with Gasteiger partial charge in [0, 0.05) is 42.9 Å². The lowest BCUT2D eigenvalue weighted by Crippen LogP contribution is -2.34. The Kier molecular flexibility index (Phi) is 4.93. The number of likely N-dealkylation sites (tertiary alicyclic amines) is 1. The highest BCUT2D eigenvalue weighted by atomic mass is 16.5. The van der Waals surface area contributed by atoms with Gasteiger partial charge in [0.2, 0.25) is 11.8 Å². The first-order valence-corrected chi connectivity index (χ1v) is 10.3. The van der Waals surface area contributed by atoms with E-state index in [9.17, 15) is 9.59 Å². The van der Waals surface area contributed by atoms with E-state index >= 15 is 0 Å². The highest BCUT2D eigenvalue weighted by Crippen LogP contribution is 2.44. The molecule has 1 aliphatic heterocycles. The first-order chi connectivity index (χ1) is 13.8. The quantitative estimate of drug-likeness (QED) is 0.686. The summed E-state index contributed by atoms with van der Waals surface area (Å²) in [6, 6.07) is 12.2. The zero-order valence-corrected chi connectivity index (χ0v) is 17.6. The maximum atomic E-state index is 12.6. The zero-order chi connectivity index (χ0) is 20.8. The summed E-state index contributed by atoms with van der Waals surface area (Å²) in [7, 11) is 1.57. The van der Waals surface area contributed by atoms with Crippen molar-refractivity contribution in [1.29, 1.82) is 0 Å². The molecule has 0 N–H and O–H groups in total. The molecule has 4 rings (SSSR count). The highest BCUT2D eigenvalue weighted by molar-refractivity contribution is 6.05. The Morgan fingerprint density at radius 2 is 1.90 bits per heavy atom. The van der Waals surface area contributed by atoms with Gasteiger partial charge in [-0.15, -0.1) is 0 Å².